The number of hydrogen-bond donors (Lipinski definition) is 1. The predicted octanol–water partition coefficient (Wildman–Crippen LogP) is 3.33. The Morgan fingerprint density at radius 3 is 2.27 bits per heavy atom. The fraction of sp³-hybridized carbons (Fsp3) is 0.188. The maximum Gasteiger partial charge on any atom is 0.262 e. The number of rotatable bonds is 6. The topological polar surface area (TPSA) is 56.8 Å². The van der Waals surface area contributed by atoms with Crippen LogP contribution in [0.2, 0.25) is 0 Å². The molecule has 1 N–H and O–H groups in total. The van der Waals surface area contributed by atoms with Crippen LogP contribution in [-0.4, -0.2) is 26.7 Å². The van der Waals surface area contributed by atoms with Gasteiger partial charge in [0.2, 0.25) is 0 Å². The molecule has 5 nitrogen and oxygen atoms in total. The normalized spacial score (nSPS) is 9.95. The van der Waals surface area contributed by atoms with Crippen molar-refractivity contribution in [3.63, 3.8) is 0 Å². The smallest absolute Gasteiger partial charge is 0.262 e. The molecule has 0 fully saturated rings. The third-order valence-electron chi connectivity index (χ3n) is 2.80. The van der Waals surface area contributed by atoms with Crippen molar-refractivity contribution in [2.45, 2.75) is 0 Å². The van der Waals surface area contributed by atoms with Gasteiger partial charge in [-0.25, -0.2) is 0 Å². The highest BCUT2D eigenvalue weighted by molar-refractivity contribution is 14.1. The van der Waals surface area contributed by atoms with Gasteiger partial charge in [-0.1, -0.05) is 6.07 Å². The summed E-state index contributed by atoms with van der Waals surface area (Å²) >= 11 is 2.19. The van der Waals surface area contributed by atoms with E-state index in [1.54, 1.807) is 32.4 Å². The molecule has 0 unspecified atom stereocenters. The van der Waals surface area contributed by atoms with Crippen molar-refractivity contribution in [3.8, 4) is 17.2 Å². The van der Waals surface area contributed by atoms with Gasteiger partial charge < -0.3 is 19.5 Å². The molecule has 0 aliphatic rings. The second-order valence-corrected chi connectivity index (χ2v) is 5.64. The van der Waals surface area contributed by atoms with Crippen molar-refractivity contribution in [2.24, 2.45) is 0 Å². The van der Waals surface area contributed by atoms with Crippen LogP contribution >= 0.6 is 22.6 Å². The van der Waals surface area contributed by atoms with Gasteiger partial charge in [0, 0.05) is 27.5 Å². The summed E-state index contributed by atoms with van der Waals surface area (Å²) in [5, 5.41) is 2.78. The maximum absolute atomic E-state index is 11.9. The van der Waals surface area contributed by atoms with E-state index in [1.165, 1.54) is 0 Å². The highest BCUT2D eigenvalue weighted by Gasteiger charge is 2.07. The molecule has 2 aromatic rings. The number of anilines is 1. The van der Waals surface area contributed by atoms with Crippen molar-refractivity contribution in [1.82, 2.24) is 0 Å². The summed E-state index contributed by atoms with van der Waals surface area (Å²) in [5.74, 6) is 1.48. The molecule has 0 heterocycles. The van der Waals surface area contributed by atoms with Gasteiger partial charge in [-0.3, -0.25) is 4.79 Å². The van der Waals surface area contributed by atoms with Gasteiger partial charge in [-0.15, -0.1) is 0 Å². The molecule has 2 aromatic carbocycles. The van der Waals surface area contributed by atoms with Crippen LogP contribution < -0.4 is 19.5 Å². The van der Waals surface area contributed by atoms with E-state index in [0.717, 1.165) is 9.26 Å². The molecule has 6 heteroatoms. The minimum absolute atomic E-state index is 0.0954. The van der Waals surface area contributed by atoms with Crippen molar-refractivity contribution in [2.75, 3.05) is 26.1 Å². The molecule has 0 atom stereocenters. The van der Waals surface area contributed by atoms with E-state index in [9.17, 15) is 4.79 Å². The maximum atomic E-state index is 11.9. The average molecular weight is 413 g/mol. The first-order valence-electron chi connectivity index (χ1n) is 6.52. The van der Waals surface area contributed by atoms with Crippen LogP contribution in [0.25, 0.3) is 0 Å². The first-order chi connectivity index (χ1) is 10.6. The van der Waals surface area contributed by atoms with Crippen LogP contribution in [0, 0.1) is 3.57 Å². The fourth-order valence-corrected chi connectivity index (χ4v) is 2.32. The number of carbonyl (C=O) groups is 1. The molecule has 0 radical (unpaired) electrons. The number of hydrogen-bond acceptors (Lipinski definition) is 4. The van der Waals surface area contributed by atoms with Crippen molar-refractivity contribution < 1.29 is 19.0 Å². The van der Waals surface area contributed by atoms with Crippen LogP contribution in [-0.2, 0) is 4.79 Å². The molecule has 116 valence electrons. The molecule has 0 aliphatic heterocycles. The molecule has 0 saturated carbocycles. The Morgan fingerprint density at radius 1 is 1.05 bits per heavy atom. The zero-order valence-corrected chi connectivity index (χ0v) is 14.4. The van der Waals surface area contributed by atoms with Gasteiger partial charge >= 0.3 is 0 Å². The van der Waals surface area contributed by atoms with Crippen molar-refractivity contribution >= 4 is 34.2 Å². The van der Waals surface area contributed by atoms with Crippen molar-refractivity contribution in [1.29, 1.82) is 0 Å². The summed E-state index contributed by atoms with van der Waals surface area (Å²) < 4.78 is 16.8. The highest BCUT2D eigenvalue weighted by Crippen LogP contribution is 2.27. The molecule has 0 bridgehead atoms. The molecule has 0 saturated heterocycles. The van der Waals surface area contributed by atoms with E-state index in [4.69, 9.17) is 14.2 Å². The summed E-state index contributed by atoms with van der Waals surface area (Å²) in [6, 6.07) is 12.7. The molecular weight excluding hydrogens is 397 g/mol. The minimum Gasteiger partial charge on any atom is -0.496 e. The highest BCUT2D eigenvalue weighted by atomic mass is 127. The predicted molar refractivity (Wildman–Crippen MR) is 92.8 cm³/mol. The second kappa shape index (κ2) is 7.88. The number of ether oxygens (including phenoxy) is 3. The Balaban J connectivity index is 1.96. The third kappa shape index (κ3) is 4.80. The SMILES string of the molecule is COc1cc(OC)cc(OCC(=O)Nc2cccc(I)c2)c1. The minimum atomic E-state index is -0.233. The Hall–Kier alpha value is -1.96. The van der Waals surface area contributed by atoms with Crippen LogP contribution in [0.4, 0.5) is 5.69 Å². The van der Waals surface area contributed by atoms with E-state index in [0.29, 0.717) is 17.2 Å². The van der Waals surface area contributed by atoms with E-state index < -0.39 is 0 Å². The lowest BCUT2D eigenvalue weighted by molar-refractivity contribution is -0.118. The first-order valence-corrected chi connectivity index (χ1v) is 7.60. The van der Waals surface area contributed by atoms with Crippen LogP contribution in [0.5, 0.6) is 17.2 Å². The number of carbonyl (C=O) groups excluding carboxylic acids is 1. The van der Waals surface area contributed by atoms with Crippen LogP contribution in [0.1, 0.15) is 0 Å². The van der Waals surface area contributed by atoms with Gasteiger partial charge in [-0.05, 0) is 40.8 Å². The van der Waals surface area contributed by atoms with Gasteiger partial charge in [-0.2, -0.15) is 0 Å². The number of amides is 1. The second-order valence-electron chi connectivity index (χ2n) is 4.40. The third-order valence-corrected chi connectivity index (χ3v) is 3.47. The monoisotopic (exact) mass is 413 g/mol. The summed E-state index contributed by atoms with van der Waals surface area (Å²) in [5.41, 5.74) is 0.740. The summed E-state index contributed by atoms with van der Waals surface area (Å²) in [4.78, 5) is 11.9. The lowest BCUT2D eigenvalue weighted by Gasteiger charge is -2.10. The molecular formula is C16H16INO4. The van der Waals surface area contributed by atoms with Gasteiger partial charge in [0.25, 0.3) is 5.91 Å². The first kappa shape index (κ1) is 16.4. The molecule has 0 aromatic heterocycles. The zero-order chi connectivity index (χ0) is 15.9. The fourth-order valence-electron chi connectivity index (χ4n) is 1.78. The Kier molecular flexibility index (Phi) is 5.88. The largest absolute Gasteiger partial charge is 0.496 e. The van der Waals surface area contributed by atoms with Crippen LogP contribution in [0.15, 0.2) is 42.5 Å². The number of methoxy groups -OCH3 is 2. The molecule has 1 amide bonds. The van der Waals surface area contributed by atoms with Gasteiger partial charge in [0.15, 0.2) is 6.61 Å². The molecule has 2 rings (SSSR count). The molecule has 0 spiro atoms. The molecule has 22 heavy (non-hydrogen) atoms. The molecule has 0 aliphatic carbocycles. The number of nitrogens with one attached hydrogen (secondary N) is 1. The van der Waals surface area contributed by atoms with Crippen LogP contribution in [0.3, 0.4) is 0 Å². The summed E-state index contributed by atoms with van der Waals surface area (Å²) in [7, 11) is 3.12. The van der Waals surface area contributed by atoms with E-state index in [1.807, 2.05) is 24.3 Å². The lowest BCUT2D eigenvalue weighted by atomic mass is 10.3. The standard InChI is InChI=1S/C16H16INO4/c1-20-13-7-14(21-2)9-15(8-13)22-10-16(19)18-12-5-3-4-11(17)6-12/h3-9H,10H2,1-2H3,(H,18,19). The van der Waals surface area contributed by atoms with Crippen molar-refractivity contribution in [3.05, 3.63) is 46.0 Å². The van der Waals surface area contributed by atoms with Gasteiger partial charge in [0.05, 0.1) is 14.2 Å². The summed E-state index contributed by atoms with van der Waals surface area (Å²) in [6.45, 7) is -0.0954. The van der Waals surface area contributed by atoms with E-state index in [2.05, 4.69) is 27.9 Å². The Bertz CT molecular complexity index is 638. The quantitative estimate of drug-likeness (QED) is 0.739. The lowest BCUT2D eigenvalue weighted by Crippen LogP contribution is -2.20. The number of halogens is 1. The zero-order valence-electron chi connectivity index (χ0n) is 12.3. The average Bonchev–Trinajstić information content (AvgIpc) is 2.52. The Labute approximate surface area is 142 Å². The Morgan fingerprint density at radius 2 is 1.68 bits per heavy atom. The summed E-state index contributed by atoms with van der Waals surface area (Å²) in [6.07, 6.45) is 0. The van der Waals surface area contributed by atoms with E-state index in [-0.39, 0.29) is 12.5 Å². The van der Waals surface area contributed by atoms with Gasteiger partial charge in [0.1, 0.15) is 17.2 Å². The van der Waals surface area contributed by atoms with E-state index >= 15 is 0 Å². The number of benzene rings is 2.